The minimum absolute atomic E-state index is 0.0218. The first kappa shape index (κ1) is 24.5. The molecule has 0 saturated carbocycles. The number of cyclic esters (lactones) is 1. The summed E-state index contributed by atoms with van der Waals surface area (Å²) in [5, 5.41) is 2.79. The van der Waals surface area contributed by atoms with Gasteiger partial charge in [-0.3, -0.25) is 19.2 Å². The van der Waals surface area contributed by atoms with Gasteiger partial charge >= 0.3 is 5.97 Å². The second-order valence-electron chi connectivity index (χ2n) is 10.3. The van der Waals surface area contributed by atoms with E-state index in [1.54, 1.807) is 23.6 Å². The Hall–Kier alpha value is -2.65. The van der Waals surface area contributed by atoms with E-state index < -0.39 is 36.2 Å². The van der Waals surface area contributed by atoms with Crippen LogP contribution in [0.1, 0.15) is 65.7 Å². The molecule has 6 atom stereocenters. The van der Waals surface area contributed by atoms with E-state index in [9.17, 15) is 24.0 Å². The van der Waals surface area contributed by atoms with Crippen molar-refractivity contribution in [2.75, 3.05) is 19.6 Å². The number of fused-ring (bicyclic) bond motifs is 3. The zero-order valence-corrected chi connectivity index (χ0v) is 20.3. The molecule has 4 aliphatic heterocycles. The molecule has 10 nitrogen and oxygen atoms in total. The molecule has 4 saturated heterocycles. The van der Waals surface area contributed by atoms with E-state index in [0.29, 0.717) is 45.3 Å². The summed E-state index contributed by atoms with van der Waals surface area (Å²) in [6.45, 7) is 6.57. The van der Waals surface area contributed by atoms with Crippen molar-refractivity contribution < 1.29 is 28.7 Å². The molecule has 0 spiro atoms. The lowest BCUT2D eigenvalue weighted by Gasteiger charge is -2.38. The number of hydrogen-bond acceptors (Lipinski definition) is 6. The summed E-state index contributed by atoms with van der Waals surface area (Å²) in [5.74, 6) is -1.57. The number of ether oxygens (including phenoxy) is 1. The third-order valence-electron chi connectivity index (χ3n) is 7.52. The molecular weight excluding hydrogens is 440 g/mol. The standard InChI is InChI=1S/C24H36N4O6/c1-14-11-19-24(33)34-15(2)12-20(29)26-10-6-8-18(26)23(32)27-9-5-4-7-17(27)21(30)25-16(3)22(31)28(19)13-14/h14-19H,4-13H2,1-3H3,(H,25,30)/t14-,15-,16-,17-,18-,19-/m0/s1. The molecule has 188 valence electrons. The molecule has 4 fully saturated rings. The van der Waals surface area contributed by atoms with E-state index in [1.165, 1.54) is 4.90 Å². The van der Waals surface area contributed by atoms with Crippen molar-refractivity contribution in [3.8, 4) is 0 Å². The molecule has 10 heteroatoms. The number of piperidine rings is 1. The molecule has 0 aromatic carbocycles. The lowest BCUT2D eigenvalue weighted by atomic mass is 9.99. The molecule has 4 heterocycles. The maximum absolute atomic E-state index is 13.5. The monoisotopic (exact) mass is 476 g/mol. The van der Waals surface area contributed by atoms with Crippen LogP contribution in [-0.4, -0.2) is 94.2 Å². The van der Waals surface area contributed by atoms with Gasteiger partial charge in [0.2, 0.25) is 23.6 Å². The first-order valence-corrected chi connectivity index (χ1v) is 12.6. The number of nitrogens with one attached hydrogen (secondary N) is 1. The number of rotatable bonds is 0. The smallest absolute Gasteiger partial charge is 0.329 e. The first-order chi connectivity index (χ1) is 16.2. The fraction of sp³-hybridized carbons (Fsp3) is 0.792. The number of carbonyl (C=O) groups is 5. The highest BCUT2D eigenvalue weighted by molar-refractivity contribution is 5.95. The molecule has 0 unspecified atom stereocenters. The molecule has 4 amide bonds. The van der Waals surface area contributed by atoms with Crippen molar-refractivity contribution in [1.82, 2.24) is 20.0 Å². The Labute approximate surface area is 200 Å². The molecule has 0 bridgehead atoms. The quantitative estimate of drug-likeness (QED) is 0.507. The Kier molecular flexibility index (Phi) is 7.14. The molecule has 0 aromatic rings. The second-order valence-corrected chi connectivity index (χ2v) is 10.3. The molecule has 4 aliphatic rings. The van der Waals surface area contributed by atoms with E-state index in [0.717, 1.165) is 12.8 Å². The second kappa shape index (κ2) is 9.92. The van der Waals surface area contributed by atoms with Gasteiger partial charge < -0.3 is 24.8 Å². The average Bonchev–Trinajstić information content (AvgIpc) is 3.44. The number of nitrogens with zero attached hydrogens (tertiary/aromatic N) is 3. The van der Waals surface area contributed by atoms with Crippen LogP contribution in [0.3, 0.4) is 0 Å². The van der Waals surface area contributed by atoms with Gasteiger partial charge in [0.05, 0.1) is 6.42 Å². The lowest BCUT2D eigenvalue weighted by Crippen LogP contribution is -2.59. The average molecular weight is 477 g/mol. The molecule has 34 heavy (non-hydrogen) atoms. The van der Waals surface area contributed by atoms with Crippen molar-refractivity contribution in [2.45, 2.75) is 96.0 Å². The fourth-order valence-electron chi connectivity index (χ4n) is 5.80. The van der Waals surface area contributed by atoms with Crippen LogP contribution in [0.2, 0.25) is 0 Å². The minimum Gasteiger partial charge on any atom is -0.461 e. The van der Waals surface area contributed by atoms with Gasteiger partial charge in [-0.2, -0.15) is 0 Å². The Morgan fingerprint density at radius 3 is 2.26 bits per heavy atom. The largest absolute Gasteiger partial charge is 0.461 e. The summed E-state index contributed by atoms with van der Waals surface area (Å²) in [6.07, 6.45) is 3.17. The third kappa shape index (κ3) is 4.77. The van der Waals surface area contributed by atoms with Gasteiger partial charge in [0, 0.05) is 19.6 Å². The maximum Gasteiger partial charge on any atom is 0.329 e. The molecule has 4 rings (SSSR count). The zero-order valence-electron chi connectivity index (χ0n) is 20.3. The maximum atomic E-state index is 13.5. The van der Waals surface area contributed by atoms with Crippen LogP contribution < -0.4 is 5.32 Å². The van der Waals surface area contributed by atoms with Crippen LogP contribution in [0.5, 0.6) is 0 Å². The summed E-state index contributed by atoms with van der Waals surface area (Å²) in [7, 11) is 0. The zero-order chi connectivity index (χ0) is 24.6. The summed E-state index contributed by atoms with van der Waals surface area (Å²) in [6, 6.07) is -2.84. The van der Waals surface area contributed by atoms with Crippen molar-refractivity contribution in [3.63, 3.8) is 0 Å². The van der Waals surface area contributed by atoms with Gasteiger partial charge in [0.25, 0.3) is 0 Å². The SMILES string of the molecule is C[C@H]1C[C@H]2C(=O)O[C@@H](C)CC(=O)N3CCC[C@H]3C(=O)N3CCCC[C@H]3C(=O)N[C@@H](C)C(=O)N2C1. The number of carbonyl (C=O) groups excluding carboxylic acids is 5. The normalized spacial score (nSPS) is 36.1. The summed E-state index contributed by atoms with van der Waals surface area (Å²) < 4.78 is 5.59. The van der Waals surface area contributed by atoms with Crippen molar-refractivity contribution in [1.29, 1.82) is 0 Å². The highest BCUT2D eigenvalue weighted by atomic mass is 16.5. The first-order valence-electron chi connectivity index (χ1n) is 12.6. The number of hydrogen-bond donors (Lipinski definition) is 1. The van der Waals surface area contributed by atoms with Gasteiger partial charge in [-0.15, -0.1) is 0 Å². The molecule has 1 N–H and O–H groups in total. The lowest BCUT2D eigenvalue weighted by molar-refractivity contribution is -0.160. The van der Waals surface area contributed by atoms with Gasteiger partial charge in [0.15, 0.2) is 0 Å². The molecule has 0 radical (unpaired) electrons. The summed E-state index contributed by atoms with van der Waals surface area (Å²) >= 11 is 0. The van der Waals surface area contributed by atoms with Crippen LogP contribution in [-0.2, 0) is 28.7 Å². The topological polar surface area (TPSA) is 116 Å². The highest BCUT2D eigenvalue weighted by Crippen LogP contribution is 2.28. The third-order valence-corrected chi connectivity index (χ3v) is 7.52. The Bertz CT molecular complexity index is 862. The predicted molar refractivity (Wildman–Crippen MR) is 121 cm³/mol. The molecule has 0 aliphatic carbocycles. The van der Waals surface area contributed by atoms with Crippen molar-refractivity contribution >= 4 is 29.6 Å². The van der Waals surface area contributed by atoms with E-state index in [4.69, 9.17) is 4.74 Å². The Morgan fingerprint density at radius 2 is 1.50 bits per heavy atom. The van der Waals surface area contributed by atoms with Crippen LogP contribution in [0, 0.1) is 5.92 Å². The van der Waals surface area contributed by atoms with Gasteiger partial charge in [-0.1, -0.05) is 6.92 Å². The van der Waals surface area contributed by atoms with Gasteiger partial charge in [-0.05, 0) is 58.3 Å². The highest BCUT2D eigenvalue weighted by Gasteiger charge is 2.44. The number of amides is 4. The summed E-state index contributed by atoms with van der Waals surface area (Å²) in [4.78, 5) is 70.6. The Morgan fingerprint density at radius 1 is 0.794 bits per heavy atom. The van der Waals surface area contributed by atoms with Crippen molar-refractivity contribution in [3.05, 3.63) is 0 Å². The molecule has 0 aromatic heterocycles. The van der Waals surface area contributed by atoms with Crippen LogP contribution >= 0.6 is 0 Å². The van der Waals surface area contributed by atoms with Gasteiger partial charge in [-0.25, -0.2) is 4.79 Å². The Balaban J connectivity index is 1.64. The fourth-order valence-corrected chi connectivity index (χ4v) is 5.80. The van der Waals surface area contributed by atoms with Crippen LogP contribution in [0.25, 0.3) is 0 Å². The minimum atomic E-state index is -0.832. The van der Waals surface area contributed by atoms with Crippen LogP contribution in [0.4, 0.5) is 0 Å². The van der Waals surface area contributed by atoms with E-state index in [-0.39, 0.29) is 36.0 Å². The predicted octanol–water partition coefficient (Wildman–Crippen LogP) is 0.436. The summed E-state index contributed by atoms with van der Waals surface area (Å²) in [5.41, 5.74) is 0. The van der Waals surface area contributed by atoms with E-state index in [2.05, 4.69) is 5.32 Å². The number of esters is 1. The molecular formula is C24H36N4O6. The van der Waals surface area contributed by atoms with Crippen molar-refractivity contribution in [2.24, 2.45) is 5.92 Å². The van der Waals surface area contributed by atoms with E-state index in [1.807, 2.05) is 6.92 Å². The van der Waals surface area contributed by atoms with Gasteiger partial charge in [0.1, 0.15) is 30.3 Å². The van der Waals surface area contributed by atoms with Crippen LogP contribution in [0.15, 0.2) is 0 Å². The van der Waals surface area contributed by atoms with E-state index >= 15 is 0 Å².